The number of pyridine rings is 4. The number of carbonyl (C=O) groups is 1. The monoisotopic (exact) mass is 528 g/mol. The molecule has 0 spiro atoms. The highest BCUT2D eigenvalue weighted by Crippen LogP contribution is 2.32. The van der Waals surface area contributed by atoms with E-state index in [1.807, 2.05) is 72.8 Å². The van der Waals surface area contributed by atoms with Crippen molar-refractivity contribution in [2.75, 3.05) is 20.4 Å². The van der Waals surface area contributed by atoms with Crippen molar-refractivity contribution in [2.45, 2.75) is 0 Å². The van der Waals surface area contributed by atoms with Gasteiger partial charge in [-0.15, -0.1) is 19.9 Å². The molecule has 2 amide bonds. The maximum Gasteiger partial charge on any atom is 0.378 e. The highest BCUT2D eigenvalue weighted by atomic mass is 16.2. The molecule has 0 radical (unpaired) electrons. The number of aromatic nitrogens is 9. The van der Waals surface area contributed by atoms with E-state index in [4.69, 9.17) is 9.97 Å². The normalized spacial score (nSPS) is 11.9. The lowest BCUT2D eigenvalue weighted by atomic mass is 10.4. The minimum Gasteiger partial charge on any atom is -0.238 e. The van der Waals surface area contributed by atoms with E-state index in [0.29, 0.717) is 23.3 Å². The van der Waals surface area contributed by atoms with Crippen LogP contribution in [-0.2, 0) is 0 Å². The van der Waals surface area contributed by atoms with E-state index >= 15 is 0 Å². The van der Waals surface area contributed by atoms with Crippen molar-refractivity contribution < 1.29 is 9.20 Å². The van der Waals surface area contributed by atoms with Crippen LogP contribution in [0.3, 0.4) is 0 Å². The average molecular weight is 529 g/mol. The third-order valence-electron chi connectivity index (χ3n) is 5.80. The Bertz CT molecular complexity index is 1620. The van der Waals surface area contributed by atoms with Crippen LogP contribution in [0.4, 0.5) is 51.9 Å². The Balaban J connectivity index is 1.47. The topological polar surface area (TPSA) is 155 Å². The molecule has 0 unspecified atom stereocenters. The summed E-state index contributed by atoms with van der Waals surface area (Å²) in [5.74, 6) is 3.01. The largest absolute Gasteiger partial charge is 0.378 e. The van der Waals surface area contributed by atoms with Gasteiger partial charge in [0.25, 0.3) is 0 Å². The first-order valence-corrected chi connectivity index (χ1v) is 12.1. The molecular formula is C26H18N13O+. The molecule has 0 atom stereocenters. The van der Waals surface area contributed by atoms with Gasteiger partial charge in [-0.3, -0.25) is 0 Å². The first kappa shape index (κ1) is 23.0. The van der Waals surface area contributed by atoms with Crippen LogP contribution in [0.1, 0.15) is 0 Å². The van der Waals surface area contributed by atoms with Gasteiger partial charge in [-0.2, -0.15) is 4.40 Å². The zero-order valence-electron chi connectivity index (χ0n) is 20.6. The molecule has 0 aliphatic carbocycles. The summed E-state index contributed by atoms with van der Waals surface area (Å²) in [5, 5.41) is 5.42. The molecule has 0 saturated heterocycles. The fourth-order valence-electron chi connectivity index (χ4n) is 4.12. The number of nitrogens with one attached hydrogen (secondary N) is 2. The quantitative estimate of drug-likeness (QED) is 0.305. The second-order valence-electron chi connectivity index (χ2n) is 8.33. The van der Waals surface area contributed by atoms with Crippen molar-refractivity contribution in [1.82, 2.24) is 39.9 Å². The first-order chi connectivity index (χ1) is 19.7. The van der Waals surface area contributed by atoms with Gasteiger partial charge in [0.2, 0.25) is 0 Å². The number of nitrogens with zero attached hydrogens (tertiary/aromatic N) is 11. The van der Waals surface area contributed by atoms with Crippen molar-refractivity contribution in [3.8, 4) is 0 Å². The lowest BCUT2D eigenvalue weighted by Gasteiger charge is -2.22. The molecule has 0 bridgehead atoms. The van der Waals surface area contributed by atoms with Crippen LogP contribution in [0, 0.1) is 0 Å². The van der Waals surface area contributed by atoms with Crippen molar-refractivity contribution >= 4 is 58.9 Å². The maximum absolute atomic E-state index is 12.7. The number of urea groups is 1. The zero-order valence-corrected chi connectivity index (χ0v) is 20.6. The predicted molar refractivity (Wildman–Crippen MR) is 144 cm³/mol. The second-order valence-corrected chi connectivity index (χ2v) is 8.33. The van der Waals surface area contributed by atoms with Crippen molar-refractivity contribution in [3.63, 3.8) is 0 Å². The molecule has 0 saturated carbocycles. The molecule has 0 aromatic carbocycles. The van der Waals surface area contributed by atoms with Crippen LogP contribution in [0.5, 0.6) is 0 Å². The number of carbonyl (C=O) groups excluding carboxylic acids is 1. The first-order valence-electron chi connectivity index (χ1n) is 12.1. The Morgan fingerprint density at radius 2 is 0.900 bits per heavy atom. The molecule has 2 N–H and O–H groups in total. The highest BCUT2D eigenvalue weighted by Gasteiger charge is 2.33. The smallest absolute Gasteiger partial charge is 0.238 e. The summed E-state index contributed by atoms with van der Waals surface area (Å²) in [4.78, 5) is 52.8. The molecular weight excluding hydrogens is 510 g/mol. The molecule has 7 rings (SSSR count). The van der Waals surface area contributed by atoms with Crippen LogP contribution in [0.25, 0.3) is 5.78 Å². The Morgan fingerprint density at radius 1 is 0.525 bits per heavy atom. The zero-order chi connectivity index (χ0) is 26.9. The Labute approximate surface area is 226 Å². The van der Waals surface area contributed by atoms with Gasteiger partial charge >= 0.3 is 35.6 Å². The Morgan fingerprint density at radius 3 is 1.23 bits per heavy atom. The number of amides is 2. The summed E-state index contributed by atoms with van der Waals surface area (Å²) in [6.45, 7) is 0. The minimum atomic E-state index is -0.514. The third-order valence-corrected chi connectivity index (χ3v) is 5.80. The Kier molecular flexibility index (Phi) is 5.52. The molecule has 14 nitrogen and oxygen atoms in total. The van der Waals surface area contributed by atoms with E-state index in [1.165, 1.54) is 4.40 Å². The molecule has 1 aliphatic heterocycles. The van der Waals surface area contributed by atoms with E-state index in [0.717, 1.165) is 0 Å². The Hall–Kier alpha value is -6.18. The average Bonchev–Trinajstić information content (AvgIpc) is 2.99. The van der Waals surface area contributed by atoms with Crippen molar-refractivity contribution in [1.29, 1.82) is 0 Å². The van der Waals surface area contributed by atoms with Crippen molar-refractivity contribution in [2.24, 2.45) is 0 Å². The van der Waals surface area contributed by atoms with Crippen LogP contribution in [0.2, 0.25) is 0 Å². The maximum atomic E-state index is 12.7. The molecule has 7 heterocycles. The van der Waals surface area contributed by atoms with Gasteiger partial charge in [-0.1, -0.05) is 24.3 Å². The van der Waals surface area contributed by atoms with Gasteiger partial charge in [0, 0.05) is 24.8 Å². The molecule has 6 aromatic rings. The van der Waals surface area contributed by atoms with Gasteiger partial charge in [0.15, 0.2) is 0 Å². The second kappa shape index (κ2) is 9.60. The fourth-order valence-corrected chi connectivity index (χ4v) is 4.12. The molecule has 6 aromatic heterocycles. The van der Waals surface area contributed by atoms with Crippen LogP contribution >= 0.6 is 0 Å². The predicted octanol–water partition coefficient (Wildman–Crippen LogP) is 3.48. The van der Waals surface area contributed by atoms with Gasteiger partial charge in [0.1, 0.15) is 23.3 Å². The van der Waals surface area contributed by atoms with Crippen molar-refractivity contribution in [3.05, 3.63) is 97.6 Å². The molecule has 1 aliphatic rings. The number of rotatable bonds is 6. The van der Waals surface area contributed by atoms with E-state index in [1.54, 1.807) is 34.6 Å². The molecule has 0 fully saturated rings. The SMILES string of the molecule is O=C1Nc2nc(N(c3ccccn3)c3ccccn3)nc3nc(N(c4ccccn4)c4ccccn4)nc([n+]23)N1. The minimum absolute atomic E-state index is 0.171. The van der Waals surface area contributed by atoms with Gasteiger partial charge in [-0.25, -0.2) is 45.2 Å². The fraction of sp³-hybridized carbons (Fsp3) is 0. The standard InChI is InChI=1S/C26H17N13O/c40-26-35-24-33-21(37(17-9-1-5-13-27-17)18-10-2-6-14-28-18)31-23-32-22(34-25(36-26)39(23)24)38(19-11-3-7-15-29-19)20-12-4-8-16-30-20/h1-16H,(H,31,32,33,34,35,36,40)/p+1. The van der Waals surface area contributed by atoms with E-state index in [-0.39, 0.29) is 29.6 Å². The van der Waals surface area contributed by atoms with Crippen LogP contribution in [-0.4, -0.2) is 45.9 Å². The molecule has 192 valence electrons. The molecule has 14 heteroatoms. The lowest BCUT2D eigenvalue weighted by Crippen LogP contribution is -2.45. The van der Waals surface area contributed by atoms with E-state index in [9.17, 15) is 4.79 Å². The highest BCUT2D eigenvalue weighted by molar-refractivity contribution is 5.98. The van der Waals surface area contributed by atoms with Gasteiger partial charge in [-0.05, 0) is 48.5 Å². The van der Waals surface area contributed by atoms with Gasteiger partial charge in [0.05, 0.1) is 0 Å². The van der Waals surface area contributed by atoms with E-state index in [2.05, 4.69) is 40.5 Å². The number of hydrogen-bond acceptors (Lipinski definition) is 11. The summed E-state index contributed by atoms with van der Waals surface area (Å²) in [6, 6.07) is 21.3. The summed E-state index contributed by atoms with van der Waals surface area (Å²) in [5.41, 5.74) is 0. The number of anilines is 8. The van der Waals surface area contributed by atoms with Crippen LogP contribution in [0.15, 0.2) is 97.6 Å². The number of hydrogen-bond donors (Lipinski definition) is 2. The summed E-state index contributed by atoms with van der Waals surface area (Å²) < 4.78 is 1.51. The van der Waals surface area contributed by atoms with Crippen LogP contribution < -0.4 is 24.8 Å². The third kappa shape index (κ3) is 4.10. The van der Waals surface area contributed by atoms with Gasteiger partial charge < -0.3 is 0 Å². The van der Waals surface area contributed by atoms with E-state index < -0.39 is 6.03 Å². The summed E-state index contributed by atoms with van der Waals surface area (Å²) >= 11 is 0. The summed E-state index contributed by atoms with van der Waals surface area (Å²) in [7, 11) is 0. The lowest BCUT2D eigenvalue weighted by molar-refractivity contribution is -0.492. The molecule has 40 heavy (non-hydrogen) atoms. The summed E-state index contributed by atoms with van der Waals surface area (Å²) in [6.07, 6.45) is 6.64.